The van der Waals surface area contributed by atoms with Crippen LogP contribution in [0.25, 0.3) is 11.3 Å². The van der Waals surface area contributed by atoms with Gasteiger partial charge in [-0.2, -0.15) is 0 Å². The van der Waals surface area contributed by atoms with Gasteiger partial charge in [-0.3, -0.25) is 4.79 Å². The molecule has 2 N–H and O–H groups in total. The molecule has 164 valence electrons. The molecule has 31 heavy (non-hydrogen) atoms. The van der Waals surface area contributed by atoms with E-state index in [0.717, 1.165) is 39.7 Å². The van der Waals surface area contributed by atoms with E-state index in [4.69, 9.17) is 16.6 Å². The number of carbonyl (C=O) groups is 1. The Morgan fingerprint density at radius 3 is 2.71 bits per heavy atom. The summed E-state index contributed by atoms with van der Waals surface area (Å²) in [6, 6.07) is 13.6. The average Bonchev–Trinajstić information content (AvgIpc) is 3.12. The molecule has 0 fully saturated rings. The smallest absolute Gasteiger partial charge is 0.224 e. The predicted molar refractivity (Wildman–Crippen MR) is 134 cm³/mol. The van der Waals surface area contributed by atoms with Gasteiger partial charge in [0.2, 0.25) is 5.91 Å². The summed E-state index contributed by atoms with van der Waals surface area (Å²) in [5.41, 5.74) is 4.89. The first kappa shape index (κ1) is 23.3. The van der Waals surface area contributed by atoms with E-state index < -0.39 is 0 Å². The van der Waals surface area contributed by atoms with Crippen LogP contribution in [-0.4, -0.2) is 10.9 Å². The maximum absolute atomic E-state index is 12.5. The first-order valence-corrected chi connectivity index (χ1v) is 11.7. The Bertz CT molecular complexity index is 1050. The number of aryl methyl sites for hydroxylation is 1. The highest BCUT2D eigenvalue weighted by atomic mass is 35.5. The molecule has 0 aliphatic carbocycles. The van der Waals surface area contributed by atoms with Crippen molar-refractivity contribution in [2.24, 2.45) is 11.3 Å². The van der Waals surface area contributed by atoms with Gasteiger partial charge in [-0.15, -0.1) is 11.3 Å². The number of amides is 1. The lowest BCUT2D eigenvalue weighted by molar-refractivity contribution is -0.117. The molecular weight excluding hydrogens is 426 g/mol. The van der Waals surface area contributed by atoms with Crippen LogP contribution in [0.15, 0.2) is 47.8 Å². The van der Waals surface area contributed by atoms with E-state index in [2.05, 4.69) is 38.3 Å². The summed E-state index contributed by atoms with van der Waals surface area (Å²) >= 11 is 7.65. The lowest BCUT2D eigenvalue weighted by Gasteiger charge is -2.22. The number of nitrogens with one attached hydrogen (secondary N) is 2. The Labute approximate surface area is 194 Å². The number of benzene rings is 2. The fourth-order valence-corrected chi connectivity index (χ4v) is 4.61. The molecule has 1 heterocycles. The van der Waals surface area contributed by atoms with E-state index in [9.17, 15) is 4.79 Å². The number of aromatic nitrogens is 1. The van der Waals surface area contributed by atoms with E-state index in [1.807, 2.05) is 54.8 Å². The largest absolute Gasteiger partial charge is 0.331 e. The first-order chi connectivity index (χ1) is 14.6. The molecule has 0 saturated carbocycles. The van der Waals surface area contributed by atoms with Gasteiger partial charge >= 0.3 is 0 Å². The Hall–Kier alpha value is -2.37. The van der Waals surface area contributed by atoms with Crippen LogP contribution >= 0.6 is 22.9 Å². The zero-order valence-electron chi connectivity index (χ0n) is 18.8. The Morgan fingerprint density at radius 1 is 1.19 bits per heavy atom. The molecule has 1 amide bonds. The van der Waals surface area contributed by atoms with Crippen molar-refractivity contribution in [2.45, 2.75) is 47.5 Å². The normalized spacial score (nSPS) is 12.5. The molecule has 1 aromatic heterocycles. The summed E-state index contributed by atoms with van der Waals surface area (Å²) in [5, 5.41) is 9.87. The number of hydrogen-bond acceptors (Lipinski definition) is 4. The third-order valence-corrected chi connectivity index (χ3v) is 5.88. The minimum Gasteiger partial charge on any atom is -0.331 e. The zero-order valence-corrected chi connectivity index (χ0v) is 20.3. The molecule has 0 spiro atoms. The lowest BCUT2D eigenvalue weighted by atomic mass is 9.84. The predicted octanol–water partition coefficient (Wildman–Crippen LogP) is 7.92. The molecular formula is C25H30ClN3OS. The molecule has 0 saturated heterocycles. The molecule has 3 aromatic rings. The summed E-state index contributed by atoms with van der Waals surface area (Å²) in [4.78, 5) is 17.2. The van der Waals surface area contributed by atoms with E-state index in [1.165, 1.54) is 11.3 Å². The molecule has 1 unspecified atom stereocenters. The Kier molecular flexibility index (Phi) is 7.39. The molecule has 2 aromatic carbocycles. The topological polar surface area (TPSA) is 54.0 Å². The van der Waals surface area contributed by atoms with Crippen LogP contribution in [0.5, 0.6) is 0 Å². The van der Waals surface area contributed by atoms with E-state index in [0.29, 0.717) is 17.4 Å². The maximum Gasteiger partial charge on any atom is 0.224 e. The second kappa shape index (κ2) is 9.84. The summed E-state index contributed by atoms with van der Waals surface area (Å²) in [6.45, 7) is 10.8. The fourth-order valence-electron chi connectivity index (χ4n) is 3.71. The second-order valence-electron chi connectivity index (χ2n) is 9.33. The number of thiazole rings is 1. The van der Waals surface area contributed by atoms with Crippen LogP contribution in [0.1, 0.15) is 46.1 Å². The van der Waals surface area contributed by atoms with Gasteiger partial charge in [0.25, 0.3) is 0 Å². The Balaban J connectivity index is 1.66. The van der Waals surface area contributed by atoms with Gasteiger partial charge in [0, 0.05) is 33.8 Å². The van der Waals surface area contributed by atoms with Crippen molar-refractivity contribution in [3.05, 3.63) is 58.4 Å². The van der Waals surface area contributed by atoms with Crippen LogP contribution in [0, 0.1) is 18.3 Å². The van der Waals surface area contributed by atoms with Crippen molar-refractivity contribution < 1.29 is 4.79 Å². The molecule has 0 radical (unpaired) electrons. The number of halogens is 1. The second-order valence-corrected chi connectivity index (χ2v) is 10.6. The number of rotatable bonds is 7. The minimum absolute atomic E-state index is 0.0472. The van der Waals surface area contributed by atoms with Crippen LogP contribution in [0.2, 0.25) is 5.02 Å². The SMILES string of the molecule is Cc1ccc(Cl)cc1Nc1nc(-c2cccc(NC(=O)CC(C)CC(C)(C)C)c2)cs1. The summed E-state index contributed by atoms with van der Waals surface area (Å²) < 4.78 is 0. The Morgan fingerprint density at radius 2 is 1.97 bits per heavy atom. The number of nitrogens with zero attached hydrogens (tertiary/aromatic N) is 1. The van der Waals surface area contributed by atoms with Gasteiger partial charge in [-0.05, 0) is 54.5 Å². The summed E-state index contributed by atoms with van der Waals surface area (Å²) in [5.74, 6) is 0.385. The fraction of sp³-hybridized carbons (Fsp3) is 0.360. The lowest BCUT2D eigenvalue weighted by Crippen LogP contribution is -2.18. The van der Waals surface area contributed by atoms with Crippen molar-refractivity contribution in [3.8, 4) is 11.3 Å². The van der Waals surface area contributed by atoms with Gasteiger partial charge in [0.1, 0.15) is 0 Å². The highest BCUT2D eigenvalue weighted by Crippen LogP contribution is 2.31. The minimum atomic E-state index is 0.0472. The van der Waals surface area contributed by atoms with Crippen LogP contribution in [0.4, 0.5) is 16.5 Å². The number of hydrogen-bond donors (Lipinski definition) is 2. The quantitative estimate of drug-likeness (QED) is 0.380. The standard InChI is InChI=1S/C25H30ClN3OS/c1-16(14-25(3,4)5)11-23(30)27-20-8-6-7-18(12-20)22-15-31-24(29-22)28-21-13-19(26)10-9-17(21)2/h6-10,12-13,15-16H,11,14H2,1-5H3,(H,27,30)(H,28,29). The van der Waals surface area contributed by atoms with Crippen molar-refractivity contribution in [1.82, 2.24) is 4.98 Å². The zero-order chi connectivity index (χ0) is 22.6. The van der Waals surface area contributed by atoms with E-state index in [-0.39, 0.29) is 11.3 Å². The third kappa shape index (κ3) is 7.08. The highest BCUT2D eigenvalue weighted by molar-refractivity contribution is 7.14. The molecule has 0 aliphatic heterocycles. The van der Waals surface area contributed by atoms with Crippen molar-refractivity contribution in [3.63, 3.8) is 0 Å². The molecule has 3 rings (SSSR count). The average molecular weight is 456 g/mol. The van der Waals surface area contributed by atoms with E-state index in [1.54, 1.807) is 0 Å². The molecule has 0 bridgehead atoms. The molecule has 4 nitrogen and oxygen atoms in total. The van der Waals surface area contributed by atoms with Crippen LogP contribution in [-0.2, 0) is 4.79 Å². The monoisotopic (exact) mass is 455 g/mol. The number of carbonyl (C=O) groups excluding carboxylic acids is 1. The maximum atomic E-state index is 12.5. The highest BCUT2D eigenvalue weighted by Gasteiger charge is 2.18. The van der Waals surface area contributed by atoms with Crippen LogP contribution < -0.4 is 10.6 Å². The van der Waals surface area contributed by atoms with Crippen molar-refractivity contribution in [1.29, 1.82) is 0 Å². The first-order valence-electron chi connectivity index (χ1n) is 10.5. The van der Waals surface area contributed by atoms with E-state index >= 15 is 0 Å². The van der Waals surface area contributed by atoms with Gasteiger partial charge < -0.3 is 10.6 Å². The summed E-state index contributed by atoms with van der Waals surface area (Å²) in [6.07, 6.45) is 1.53. The van der Waals surface area contributed by atoms with Gasteiger partial charge in [0.15, 0.2) is 5.13 Å². The number of anilines is 3. The molecule has 1 atom stereocenters. The van der Waals surface area contributed by atoms with Crippen LogP contribution in [0.3, 0.4) is 0 Å². The molecule has 6 heteroatoms. The summed E-state index contributed by atoms with van der Waals surface area (Å²) in [7, 11) is 0. The van der Waals surface area contributed by atoms with Gasteiger partial charge in [-0.1, -0.05) is 57.5 Å². The van der Waals surface area contributed by atoms with Crippen molar-refractivity contribution in [2.75, 3.05) is 10.6 Å². The molecule has 0 aliphatic rings. The van der Waals surface area contributed by atoms with Gasteiger partial charge in [-0.25, -0.2) is 4.98 Å². The van der Waals surface area contributed by atoms with Gasteiger partial charge in [0.05, 0.1) is 5.69 Å². The van der Waals surface area contributed by atoms with Crippen molar-refractivity contribution >= 4 is 45.4 Å². The third-order valence-electron chi connectivity index (χ3n) is 4.88.